The van der Waals surface area contributed by atoms with E-state index in [0.29, 0.717) is 5.56 Å². The number of phenols is 2. The number of carbonyl (C=O) groups excluding carboxylic acids is 1. The molecule has 0 spiro atoms. The molecular formula is C29H36O12. The standard InChI is InChI=1S/C29H36O12/c1-12-6-21(26(36)27(37)24(12)34)41-29-22(7-14(11-30)25(35)28(29)38)39-16-8-17(32)23-18(33)10-19(40-20(23)9-16)13-2-4-15(31)5-3-13/h2-5,8-9,12,14,19,21-22,24-32,34-38H,6-7,10-11H2,1H3/t12-,14?,19+,21?,22-,24+,25-,26+,27?,28+,29?/m1/s1. The lowest BCUT2D eigenvalue weighted by atomic mass is 9.79. The molecule has 5 rings (SSSR count). The number of carbonyl (C=O) groups is 1. The van der Waals surface area contributed by atoms with E-state index in [-0.39, 0.29) is 53.6 Å². The minimum atomic E-state index is -1.54. The number of phenolic OH excluding ortho intramolecular Hbond substituents is 2. The fourth-order valence-corrected chi connectivity index (χ4v) is 6.01. The summed E-state index contributed by atoms with van der Waals surface area (Å²) in [5.74, 6) is -1.76. The molecule has 8 N–H and O–H groups in total. The molecule has 0 saturated heterocycles. The molecule has 2 saturated carbocycles. The van der Waals surface area contributed by atoms with E-state index >= 15 is 0 Å². The Bertz CT molecular complexity index is 1240. The number of hydrogen-bond acceptors (Lipinski definition) is 12. The molecule has 3 aliphatic rings. The zero-order chi connectivity index (χ0) is 29.6. The zero-order valence-corrected chi connectivity index (χ0v) is 22.4. The van der Waals surface area contributed by atoms with Crippen molar-refractivity contribution in [2.24, 2.45) is 11.8 Å². The number of aliphatic hydroxyl groups is 6. The summed E-state index contributed by atoms with van der Waals surface area (Å²) in [5.41, 5.74) is 0.628. The topological polar surface area (TPSA) is 207 Å². The molecule has 41 heavy (non-hydrogen) atoms. The molecule has 4 unspecified atom stereocenters. The van der Waals surface area contributed by atoms with Crippen LogP contribution in [-0.4, -0.2) is 102 Å². The van der Waals surface area contributed by atoms with E-state index < -0.39 is 73.4 Å². The quantitative estimate of drug-likeness (QED) is 0.232. The minimum absolute atomic E-state index is 0.0145. The molecule has 0 bridgehead atoms. The van der Waals surface area contributed by atoms with Gasteiger partial charge in [-0.25, -0.2) is 0 Å². The van der Waals surface area contributed by atoms with Gasteiger partial charge >= 0.3 is 0 Å². The van der Waals surface area contributed by atoms with Gasteiger partial charge in [-0.05, 0) is 36.5 Å². The Morgan fingerprint density at radius 2 is 1.59 bits per heavy atom. The summed E-state index contributed by atoms with van der Waals surface area (Å²) in [7, 11) is 0. The van der Waals surface area contributed by atoms with Crippen molar-refractivity contribution in [2.75, 3.05) is 6.61 Å². The van der Waals surface area contributed by atoms with E-state index in [4.69, 9.17) is 14.2 Å². The van der Waals surface area contributed by atoms with Gasteiger partial charge in [0.1, 0.15) is 65.2 Å². The molecule has 2 aromatic carbocycles. The second kappa shape index (κ2) is 11.7. The zero-order valence-electron chi connectivity index (χ0n) is 22.4. The molecule has 11 atom stereocenters. The summed E-state index contributed by atoms with van der Waals surface area (Å²) in [6.45, 7) is 1.22. The third-order valence-corrected chi connectivity index (χ3v) is 8.43. The number of hydrogen-bond donors (Lipinski definition) is 8. The third-order valence-electron chi connectivity index (χ3n) is 8.43. The van der Waals surface area contributed by atoms with Gasteiger partial charge in [-0.1, -0.05) is 19.1 Å². The SMILES string of the molecule is C[C@@H]1CC(OC2[C@@H](O)[C@H](O)C(CO)C[C@H]2Oc2cc(O)c3c(c2)O[C@H](c2ccc(O)cc2)CC3=O)[C@H](O)C(O)[C@H]1O. The molecule has 12 nitrogen and oxygen atoms in total. The molecule has 1 aliphatic heterocycles. The highest BCUT2D eigenvalue weighted by Crippen LogP contribution is 2.43. The Hall–Kier alpha value is -2.97. The first-order valence-corrected chi connectivity index (χ1v) is 13.7. The van der Waals surface area contributed by atoms with Crippen LogP contribution in [0, 0.1) is 11.8 Å². The lowest BCUT2D eigenvalue weighted by molar-refractivity contribution is -0.234. The lowest BCUT2D eigenvalue weighted by Gasteiger charge is -2.46. The normalized spacial score (nSPS) is 37.2. The second-order valence-corrected chi connectivity index (χ2v) is 11.3. The van der Waals surface area contributed by atoms with Gasteiger partial charge in [0.25, 0.3) is 0 Å². The van der Waals surface area contributed by atoms with Crippen LogP contribution in [0.25, 0.3) is 0 Å². The smallest absolute Gasteiger partial charge is 0.174 e. The van der Waals surface area contributed by atoms with Gasteiger partial charge in [-0.2, -0.15) is 0 Å². The van der Waals surface area contributed by atoms with Crippen molar-refractivity contribution in [3.63, 3.8) is 0 Å². The molecule has 2 aromatic rings. The van der Waals surface area contributed by atoms with Crippen LogP contribution in [0.4, 0.5) is 0 Å². The van der Waals surface area contributed by atoms with Crippen LogP contribution < -0.4 is 9.47 Å². The van der Waals surface area contributed by atoms with Gasteiger partial charge in [0, 0.05) is 24.7 Å². The number of ketones is 1. The fourth-order valence-electron chi connectivity index (χ4n) is 6.01. The van der Waals surface area contributed by atoms with Crippen LogP contribution in [0.5, 0.6) is 23.0 Å². The molecule has 1 heterocycles. The van der Waals surface area contributed by atoms with E-state index in [0.717, 1.165) is 0 Å². The average Bonchev–Trinajstić information content (AvgIpc) is 2.94. The van der Waals surface area contributed by atoms with Crippen molar-refractivity contribution < 1.29 is 59.9 Å². The number of benzene rings is 2. The van der Waals surface area contributed by atoms with E-state index in [1.54, 1.807) is 19.1 Å². The second-order valence-electron chi connectivity index (χ2n) is 11.3. The third kappa shape index (κ3) is 5.73. The molecule has 0 radical (unpaired) electrons. The van der Waals surface area contributed by atoms with Gasteiger partial charge in [-0.3, -0.25) is 4.79 Å². The van der Waals surface area contributed by atoms with Crippen LogP contribution in [0.3, 0.4) is 0 Å². The number of aliphatic hydroxyl groups excluding tert-OH is 6. The molecule has 12 heteroatoms. The maximum Gasteiger partial charge on any atom is 0.174 e. The molecule has 2 fully saturated rings. The summed E-state index contributed by atoms with van der Waals surface area (Å²) in [4.78, 5) is 12.9. The maximum absolute atomic E-state index is 12.9. The summed E-state index contributed by atoms with van der Waals surface area (Å²) in [5, 5.41) is 82.6. The summed E-state index contributed by atoms with van der Waals surface area (Å²) in [6, 6.07) is 8.84. The van der Waals surface area contributed by atoms with Crippen molar-refractivity contribution in [2.45, 2.75) is 81.1 Å². The van der Waals surface area contributed by atoms with Crippen LogP contribution >= 0.6 is 0 Å². The monoisotopic (exact) mass is 576 g/mol. The fraction of sp³-hybridized carbons (Fsp3) is 0.552. The van der Waals surface area contributed by atoms with E-state index in [9.17, 15) is 45.6 Å². The van der Waals surface area contributed by atoms with Crippen LogP contribution in [0.1, 0.15) is 48.2 Å². The van der Waals surface area contributed by atoms with Crippen molar-refractivity contribution >= 4 is 5.78 Å². The highest BCUT2D eigenvalue weighted by molar-refractivity contribution is 6.02. The number of fused-ring (bicyclic) bond motifs is 1. The molecule has 224 valence electrons. The minimum Gasteiger partial charge on any atom is -0.508 e. The Balaban J connectivity index is 1.41. The van der Waals surface area contributed by atoms with E-state index in [1.165, 1.54) is 24.3 Å². The van der Waals surface area contributed by atoms with Crippen molar-refractivity contribution in [1.82, 2.24) is 0 Å². The van der Waals surface area contributed by atoms with E-state index in [2.05, 4.69) is 0 Å². The van der Waals surface area contributed by atoms with Gasteiger partial charge in [0.2, 0.25) is 0 Å². The van der Waals surface area contributed by atoms with Crippen LogP contribution in [0.2, 0.25) is 0 Å². The first-order chi connectivity index (χ1) is 19.5. The average molecular weight is 577 g/mol. The van der Waals surface area contributed by atoms with Gasteiger partial charge in [0.15, 0.2) is 5.78 Å². The summed E-state index contributed by atoms with van der Waals surface area (Å²) >= 11 is 0. The number of Topliss-reactive ketones (excluding diaryl/α,β-unsaturated/α-hetero) is 1. The molecule has 0 amide bonds. The summed E-state index contributed by atoms with van der Waals surface area (Å²) in [6.07, 6.45) is -10.8. The van der Waals surface area contributed by atoms with Crippen LogP contribution in [0.15, 0.2) is 36.4 Å². The Morgan fingerprint density at radius 1 is 0.878 bits per heavy atom. The van der Waals surface area contributed by atoms with Gasteiger partial charge < -0.3 is 55.1 Å². The first kappa shape index (κ1) is 29.5. The Morgan fingerprint density at radius 3 is 2.27 bits per heavy atom. The predicted octanol–water partition coefficient (Wildman–Crippen LogP) is 0.162. The summed E-state index contributed by atoms with van der Waals surface area (Å²) < 4.78 is 18.2. The highest BCUT2D eigenvalue weighted by Gasteiger charge is 2.49. The van der Waals surface area contributed by atoms with Crippen molar-refractivity contribution in [3.05, 3.63) is 47.5 Å². The van der Waals surface area contributed by atoms with E-state index in [1.807, 2.05) is 0 Å². The molecular weight excluding hydrogens is 540 g/mol. The predicted molar refractivity (Wildman–Crippen MR) is 141 cm³/mol. The highest BCUT2D eigenvalue weighted by atomic mass is 16.6. The largest absolute Gasteiger partial charge is 0.508 e. The molecule has 0 aromatic heterocycles. The lowest BCUT2D eigenvalue weighted by Crippen LogP contribution is -2.61. The number of ether oxygens (including phenoxy) is 3. The Kier molecular flexibility index (Phi) is 8.44. The van der Waals surface area contributed by atoms with Crippen molar-refractivity contribution in [3.8, 4) is 23.0 Å². The van der Waals surface area contributed by atoms with Crippen LogP contribution in [-0.2, 0) is 4.74 Å². The van der Waals surface area contributed by atoms with Gasteiger partial charge in [-0.15, -0.1) is 0 Å². The Labute approximate surface area is 236 Å². The maximum atomic E-state index is 12.9. The molecule has 2 aliphatic carbocycles. The van der Waals surface area contributed by atoms with Crippen molar-refractivity contribution in [1.29, 1.82) is 0 Å². The first-order valence-electron chi connectivity index (χ1n) is 13.7. The number of rotatable bonds is 6. The van der Waals surface area contributed by atoms with Gasteiger partial charge in [0.05, 0.1) is 24.7 Å². The number of aromatic hydroxyl groups is 2.